The fourth-order valence-corrected chi connectivity index (χ4v) is 5.57. The van der Waals surface area contributed by atoms with Crippen molar-refractivity contribution in [3.8, 4) is 0 Å². The molecule has 0 heterocycles. The van der Waals surface area contributed by atoms with Gasteiger partial charge in [-0.2, -0.15) is 0 Å². The molecule has 9 heteroatoms. The smallest absolute Gasteiger partial charge is 0.264 e. The highest BCUT2D eigenvalue weighted by Gasteiger charge is 2.33. The minimum atomic E-state index is -4.15. The summed E-state index contributed by atoms with van der Waals surface area (Å²) in [6.45, 7) is 7.06. The number of amides is 2. The Morgan fingerprint density at radius 1 is 0.921 bits per heavy atom. The van der Waals surface area contributed by atoms with E-state index in [1.807, 2.05) is 45.0 Å². The number of sulfonamides is 1. The van der Waals surface area contributed by atoms with E-state index in [-0.39, 0.29) is 34.1 Å². The van der Waals surface area contributed by atoms with Crippen LogP contribution in [0.4, 0.5) is 5.69 Å². The Morgan fingerprint density at radius 2 is 1.53 bits per heavy atom. The summed E-state index contributed by atoms with van der Waals surface area (Å²) in [5.41, 5.74) is 2.06. The highest BCUT2D eigenvalue weighted by molar-refractivity contribution is 7.92. The third-order valence-corrected chi connectivity index (χ3v) is 8.47. The topological polar surface area (TPSA) is 86.8 Å². The molecule has 0 aliphatic carbocycles. The lowest BCUT2D eigenvalue weighted by Crippen LogP contribution is -2.52. The molecule has 0 fully saturated rings. The Labute approximate surface area is 230 Å². The number of anilines is 1. The molecule has 38 heavy (non-hydrogen) atoms. The first-order valence-corrected chi connectivity index (χ1v) is 14.3. The standard InChI is InChI=1S/C29H34ClN3O4S/c1-5-22(3)31-29(35)23(4)32(19-24-17-15-21(2)16-18-24)28(34)20-33(27-14-10-9-13-26(27)30)38(36,37)25-11-7-6-8-12-25/h6-18,22-23H,5,19-20H2,1-4H3,(H,31,35)/t22-,23-/m0/s1. The molecule has 2 atom stereocenters. The highest BCUT2D eigenvalue weighted by Crippen LogP contribution is 2.30. The molecule has 7 nitrogen and oxygen atoms in total. The second-order valence-corrected chi connectivity index (χ2v) is 11.5. The van der Waals surface area contributed by atoms with Crippen LogP contribution in [0.2, 0.25) is 5.02 Å². The normalized spacial score (nSPS) is 12.9. The van der Waals surface area contributed by atoms with Crippen LogP contribution in [-0.4, -0.2) is 43.8 Å². The molecule has 2 amide bonds. The van der Waals surface area contributed by atoms with Crippen molar-refractivity contribution in [3.05, 3.63) is 95.0 Å². The lowest BCUT2D eigenvalue weighted by Gasteiger charge is -2.32. The Hall–Kier alpha value is -3.36. The molecule has 0 saturated heterocycles. The third-order valence-electron chi connectivity index (χ3n) is 6.37. The van der Waals surface area contributed by atoms with Crippen LogP contribution in [0.15, 0.2) is 83.8 Å². The van der Waals surface area contributed by atoms with E-state index in [1.165, 1.54) is 17.0 Å². The van der Waals surface area contributed by atoms with Crippen molar-refractivity contribution in [2.24, 2.45) is 0 Å². The predicted octanol–water partition coefficient (Wildman–Crippen LogP) is 5.18. The summed E-state index contributed by atoms with van der Waals surface area (Å²) in [5, 5.41) is 3.11. The van der Waals surface area contributed by atoms with Crippen LogP contribution < -0.4 is 9.62 Å². The molecule has 0 radical (unpaired) electrons. The summed E-state index contributed by atoms with van der Waals surface area (Å²) < 4.78 is 28.5. The molecule has 3 aromatic rings. The maximum Gasteiger partial charge on any atom is 0.264 e. The zero-order chi connectivity index (χ0) is 27.9. The first-order valence-electron chi connectivity index (χ1n) is 12.5. The molecule has 0 bridgehead atoms. The molecule has 0 saturated carbocycles. The SMILES string of the molecule is CC[C@H](C)NC(=O)[C@H](C)N(Cc1ccc(C)cc1)C(=O)CN(c1ccccc1Cl)S(=O)(=O)c1ccccc1. The van der Waals surface area contributed by atoms with Crippen molar-refractivity contribution in [1.29, 1.82) is 0 Å². The van der Waals surface area contributed by atoms with Gasteiger partial charge in [-0.3, -0.25) is 13.9 Å². The van der Waals surface area contributed by atoms with Gasteiger partial charge < -0.3 is 10.2 Å². The van der Waals surface area contributed by atoms with Crippen LogP contribution >= 0.6 is 11.6 Å². The van der Waals surface area contributed by atoms with Gasteiger partial charge in [-0.15, -0.1) is 0 Å². The predicted molar refractivity (Wildman–Crippen MR) is 152 cm³/mol. The minimum absolute atomic E-state index is 0.0281. The number of hydrogen-bond donors (Lipinski definition) is 1. The number of nitrogens with zero attached hydrogens (tertiary/aromatic N) is 2. The molecule has 0 unspecified atom stereocenters. The van der Waals surface area contributed by atoms with Crippen molar-refractivity contribution >= 4 is 39.1 Å². The summed E-state index contributed by atoms with van der Waals surface area (Å²) in [7, 11) is -4.15. The van der Waals surface area contributed by atoms with Crippen molar-refractivity contribution < 1.29 is 18.0 Å². The molecule has 0 spiro atoms. The zero-order valence-corrected chi connectivity index (χ0v) is 23.7. The van der Waals surface area contributed by atoms with Crippen molar-refractivity contribution in [1.82, 2.24) is 10.2 Å². The van der Waals surface area contributed by atoms with E-state index in [1.54, 1.807) is 49.4 Å². The summed E-state index contributed by atoms with van der Waals surface area (Å²) in [6, 6.07) is 21.1. The van der Waals surface area contributed by atoms with Gasteiger partial charge in [0.2, 0.25) is 11.8 Å². The summed E-state index contributed by atoms with van der Waals surface area (Å²) >= 11 is 6.41. The van der Waals surface area contributed by atoms with E-state index >= 15 is 0 Å². The molecular weight excluding hydrogens is 522 g/mol. The lowest BCUT2D eigenvalue weighted by molar-refractivity contribution is -0.139. The van der Waals surface area contributed by atoms with Gasteiger partial charge in [0.1, 0.15) is 12.6 Å². The Kier molecular flexibility index (Phi) is 9.94. The van der Waals surface area contributed by atoms with E-state index in [0.29, 0.717) is 0 Å². The number of hydrogen-bond acceptors (Lipinski definition) is 4. The van der Waals surface area contributed by atoms with Gasteiger partial charge in [-0.1, -0.05) is 78.7 Å². The van der Waals surface area contributed by atoms with Gasteiger partial charge in [0, 0.05) is 12.6 Å². The Bertz CT molecular complexity index is 1350. The maximum absolute atomic E-state index is 13.9. The molecular formula is C29H34ClN3O4S. The van der Waals surface area contributed by atoms with Crippen LogP contribution in [-0.2, 0) is 26.2 Å². The van der Waals surface area contributed by atoms with Crippen LogP contribution in [0.5, 0.6) is 0 Å². The number of carbonyl (C=O) groups excluding carboxylic acids is 2. The first kappa shape index (κ1) is 29.2. The van der Waals surface area contributed by atoms with E-state index in [2.05, 4.69) is 5.32 Å². The number of carbonyl (C=O) groups is 2. The Morgan fingerprint density at radius 3 is 2.13 bits per heavy atom. The molecule has 0 aromatic heterocycles. The quantitative estimate of drug-likeness (QED) is 0.353. The van der Waals surface area contributed by atoms with Gasteiger partial charge in [0.05, 0.1) is 15.6 Å². The number of para-hydroxylation sites is 1. The average Bonchev–Trinajstić information content (AvgIpc) is 2.91. The summed E-state index contributed by atoms with van der Waals surface area (Å²) in [5.74, 6) is -0.841. The second kappa shape index (κ2) is 12.9. The second-order valence-electron chi connectivity index (χ2n) is 9.28. The molecule has 0 aliphatic rings. The first-order chi connectivity index (χ1) is 18.0. The van der Waals surface area contributed by atoms with Crippen LogP contribution in [0.25, 0.3) is 0 Å². The van der Waals surface area contributed by atoms with E-state index < -0.39 is 28.5 Å². The van der Waals surface area contributed by atoms with Gasteiger partial charge in [0.25, 0.3) is 10.0 Å². The number of rotatable bonds is 11. The maximum atomic E-state index is 13.9. The number of benzene rings is 3. The average molecular weight is 556 g/mol. The van der Waals surface area contributed by atoms with E-state index in [9.17, 15) is 18.0 Å². The fourth-order valence-electron chi connectivity index (χ4n) is 3.83. The lowest BCUT2D eigenvalue weighted by atomic mass is 10.1. The number of halogens is 1. The van der Waals surface area contributed by atoms with Gasteiger partial charge in [-0.25, -0.2) is 8.42 Å². The number of nitrogens with one attached hydrogen (secondary N) is 1. The molecule has 3 aromatic carbocycles. The van der Waals surface area contributed by atoms with Crippen LogP contribution in [0, 0.1) is 6.92 Å². The van der Waals surface area contributed by atoms with Gasteiger partial charge >= 0.3 is 0 Å². The third kappa shape index (κ3) is 7.14. The van der Waals surface area contributed by atoms with Gasteiger partial charge in [-0.05, 0) is 57.0 Å². The molecule has 3 rings (SSSR count). The highest BCUT2D eigenvalue weighted by atomic mass is 35.5. The van der Waals surface area contributed by atoms with E-state index in [0.717, 1.165) is 21.9 Å². The summed E-state index contributed by atoms with van der Waals surface area (Å²) in [4.78, 5) is 28.4. The molecule has 1 N–H and O–H groups in total. The minimum Gasteiger partial charge on any atom is -0.352 e. The number of aryl methyl sites for hydroxylation is 1. The van der Waals surface area contributed by atoms with E-state index in [4.69, 9.17) is 11.6 Å². The fraction of sp³-hybridized carbons (Fsp3) is 0.310. The van der Waals surface area contributed by atoms with Crippen molar-refractivity contribution in [3.63, 3.8) is 0 Å². The van der Waals surface area contributed by atoms with Gasteiger partial charge in [0.15, 0.2) is 0 Å². The van der Waals surface area contributed by atoms with Crippen LogP contribution in [0.3, 0.4) is 0 Å². The Balaban J connectivity index is 2.02. The van der Waals surface area contributed by atoms with Crippen molar-refractivity contribution in [2.45, 2.75) is 57.6 Å². The summed E-state index contributed by atoms with van der Waals surface area (Å²) in [6.07, 6.45) is 0.736. The monoisotopic (exact) mass is 555 g/mol. The van der Waals surface area contributed by atoms with Crippen molar-refractivity contribution in [2.75, 3.05) is 10.8 Å². The zero-order valence-electron chi connectivity index (χ0n) is 22.1. The van der Waals surface area contributed by atoms with Crippen LogP contribution in [0.1, 0.15) is 38.3 Å². The largest absolute Gasteiger partial charge is 0.352 e. The molecule has 202 valence electrons. The molecule has 0 aliphatic heterocycles.